The summed E-state index contributed by atoms with van der Waals surface area (Å²) in [4.78, 5) is 49.3. The van der Waals surface area contributed by atoms with E-state index >= 15 is 0 Å². The van der Waals surface area contributed by atoms with Crippen molar-refractivity contribution >= 4 is 35.3 Å². The Morgan fingerprint density at radius 2 is 1.82 bits per heavy atom. The van der Waals surface area contributed by atoms with Crippen LogP contribution in [0, 0.1) is 17.0 Å². The Morgan fingerprint density at radius 1 is 1.03 bits per heavy atom. The average molecular weight is 461 g/mol. The third-order valence-corrected chi connectivity index (χ3v) is 5.33. The van der Waals surface area contributed by atoms with E-state index in [0.717, 1.165) is 10.5 Å². The second-order valence-electron chi connectivity index (χ2n) is 7.45. The number of aryl methyl sites for hydroxylation is 1. The molecule has 170 valence electrons. The van der Waals surface area contributed by atoms with E-state index in [1.54, 1.807) is 25.1 Å². The molecule has 0 saturated carbocycles. The first-order valence-corrected chi connectivity index (χ1v) is 9.98. The zero-order chi connectivity index (χ0) is 24.0. The fourth-order valence-corrected chi connectivity index (χ4v) is 3.62. The van der Waals surface area contributed by atoms with Crippen LogP contribution in [-0.2, 0) is 9.59 Å². The topological polar surface area (TPSA) is 141 Å². The van der Waals surface area contributed by atoms with Crippen molar-refractivity contribution in [3.05, 3.63) is 75.5 Å². The standard InChI is InChI=1S/C23H15N3O8/c1-12-2-3-14(26(30)31)8-16(12)18-7-5-15(34-18)10-17-21(27)24-23(29)25(22(17)28)13-4-6-19-20(9-13)33-11-32-19/h2-10H,11H2,1H3,(H,24,27,29)/b17-10+. The molecule has 2 aliphatic rings. The number of barbiturate groups is 1. The smallest absolute Gasteiger partial charge is 0.335 e. The van der Waals surface area contributed by atoms with Gasteiger partial charge < -0.3 is 13.9 Å². The van der Waals surface area contributed by atoms with Crippen molar-refractivity contribution in [2.75, 3.05) is 11.7 Å². The Balaban J connectivity index is 1.48. The Kier molecular flexibility index (Phi) is 4.86. The predicted octanol–water partition coefficient (Wildman–Crippen LogP) is 3.56. The molecule has 5 rings (SSSR count). The SMILES string of the molecule is Cc1ccc([N+](=O)[O-])cc1-c1ccc(/C=C2\C(=O)NC(=O)N(c3ccc4c(c3)OCO4)C2=O)o1. The lowest BCUT2D eigenvalue weighted by Gasteiger charge is -2.26. The summed E-state index contributed by atoms with van der Waals surface area (Å²) >= 11 is 0. The largest absolute Gasteiger partial charge is 0.457 e. The van der Waals surface area contributed by atoms with E-state index in [2.05, 4.69) is 5.32 Å². The molecule has 0 spiro atoms. The van der Waals surface area contributed by atoms with Gasteiger partial charge in [-0.3, -0.25) is 25.0 Å². The Labute approximate surface area is 191 Å². The number of hydrogen-bond acceptors (Lipinski definition) is 8. The van der Waals surface area contributed by atoms with Crippen LogP contribution in [-0.4, -0.2) is 29.6 Å². The summed E-state index contributed by atoms with van der Waals surface area (Å²) in [6.07, 6.45) is 1.21. The third-order valence-electron chi connectivity index (χ3n) is 5.33. The molecule has 0 radical (unpaired) electrons. The highest BCUT2D eigenvalue weighted by molar-refractivity contribution is 6.39. The number of imide groups is 2. The van der Waals surface area contributed by atoms with Gasteiger partial charge in [-0.05, 0) is 42.8 Å². The van der Waals surface area contributed by atoms with Crippen molar-refractivity contribution in [1.29, 1.82) is 0 Å². The van der Waals surface area contributed by atoms with Gasteiger partial charge >= 0.3 is 6.03 Å². The number of ether oxygens (including phenoxy) is 2. The number of amides is 4. The molecular formula is C23H15N3O8. The molecule has 11 nitrogen and oxygen atoms in total. The van der Waals surface area contributed by atoms with Crippen LogP contribution in [0.4, 0.5) is 16.2 Å². The van der Waals surface area contributed by atoms with Crippen molar-refractivity contribution < 1.29 is 33.2 Å². The summed E-state index contributed by atoms with van der Waals surface area (Å²) in [6, 6.07) is 11.1. The second kappa shape index (κ2) is 7.89. The van der Waals surface area contributed by atoms with E-state index in [-0.39, 0.29) is 29.5 Å². The molecule has 2 aliphatic heterocycles. The van der Waals surface area contributed by atoms with Crippen LogP contribution in [0.3, 0.4) is 0 Å². The second-order valence-corrected chi connectivity index (χ2v) is 7.45. The van der Waals surface area contributed by atoms with Crippen LogP contribution < -0.4 is 19.7 Å². The van der Waals surface area contributed by atoms with Gasteiger partial charge in [0.25, 0.3) is 17.5 Å². The van der Waals surface area contributed by atoms with Crippen molar-refractivity contribution in [2.24, 2.45) is 0 Å². The maximum Gasteiger partial charge on any atom is 0.335 e. The molecule has 0 bridgehead atoms. The maximum absolute atomic E-state index is 13.1. The lowest BCUT2D eigenvalue weighted by atomic mass is 10.1. The molecular weight excluding hydrogens is 446 g/mol. The van der Waals surface area contributed by atoms with Gasteiger partial charge in [-0.15, -0.1) is 0 Å². The van der Waals surface area contributed by atoms with Crippen molar-refractivity contribution in [3.8, 4) is 22.8 Å². The first kappa shape index (κ1) is 20.9. The van der Waals surface area contributed by atoms with Crippen LogP contribution in [0.2, 0.25) is 0 Å². The summed E-state index contributed by atoms with van der Waals surface area (Å²) in [5, 5.41) is 13.2. The van der Waals surface area contributed by atoms with Crippen molar-refractivity contribution in [1.82, 2.24) is 5.32 Å². The number of nitro benzene ring substituents is 1. The molecule has 1 fully saturated rings. The maximum atomic E-state index is 13.1. The number of urea groups is 1. The molecule has 1 N–H and O–H groups in total. The minimum absolute atomic E-state index is 0.0213. The number of hydrogen-bond donors (Lipinski definition) is 1. The fraction of sp³-hybridized carbons (Fsp3) is 0.0870. The number of anilines is 1. The first-order valence-electron chi connectivity index (χ1n) is 9.98. The van der Waals surface area contributed by atoms with Gasteiger partial charge in [-0.2, -0.15) is 0 Å². The van der Waals surface area contributed by atoms with E-state index < -0.39 is 22.8 Å². The number of nitro groups is 1. The minimum Gasteiger partial charge on any atom is -0.457 e. The number of non-ortho nitro benzene ring substituents is 1. The van der Waals surface area contributed by atoms with Gasteiger partial charge in [-0.1, -0.05) is 6.07 Å². The summed E-state index contributed by atoms with van der Waals surface area (Å²) < 4.78 is 16.3. The highest BCUT2D eigenvalue weighted by Gasteiger charge is 2.37. The average Bonchev–Trinajstić information content (AvgIpc) is 3.46. The van der Waals surface area contributed by atoms with E-state index in [1.807, 2.05) is 0 Å². The molecule has 0 atom stereocenters. The lowest BCUT2D eigenvalue weighted by molar-refractivity contribution is -0.384. The minimum atomic E-state index is -0.904. The number of benzene rings is 2. The molecule has 2 aromatic carbocycles. The monoisotopic (exact) mass is 461 g/mol. The normalized spacial score (nSPS) is 16.2. The van der Waals surface area contributed by atoms with E-state index in [1.165, 1.54) is 36.4 Å². The summed E-state index contributed by atoms with van der Waals surface area (Å²) in [5.74, 6) is -0.420. The molecule has 0 aliphatic carbocycles. The van der Waals surface area contributed by atoms with Gasteiger partial charge in [0, 0.05) is 23.8 Å². The van der Waals surface area contributed by atoms with Crippen molar-refractivity contribution in [3.63, 3.8) is 0 Å². The summed E-state index contributed by atoms with van der Waals surface area (Å²) in [5.41, 5.74) is 1.00. The number of fused-ring (bicyclic) bond motifs is 1. The van der Waals surface area contributed by atoms with Crippen LogP contribution in [0.25, 0.3) is 17.4 Å². The first-order chi connectivity index (χ1) is 16.3. The Hall–Kier alpha value is -4.93. The van der Waals surface area contributed by atoms with Crippen LogP contribution >= 0.6 is 0 Å². The van der Waals surface area contributed by atoms with Gasteiger partial charge in [0.15, 0.2) is 11.5 Å². The van der Waals surface area contributed by atoms with Crippen LogP contribution in [0.5, 0.6) is 11.5 Å². The Bertz CT molecular complexity index is 1420. The lowest BCUT2D eigenvalue weighted by Crippen LogP contribution is -2.54. The van der Waals surface area contributed by atoms with E-state index in [9.17, 15) is 24.5 Å². The highest BCUT2D eigenvalue weighted by atomic mass is 16.7. The molecule has 3 aromatic rings. The van der Waals surface area contributed by atoms with E-state index in [4.69, 9.17) is 13.9 Å². The van der Waals surface area contributed by atoms with Gasteiger partial charge in [0.1, 0.15) is 17.1 Å². The van der Waals surface area contributed by atoms with Crippen LogP contribution in [0.15, 0.2) is 58.5 Å². The molecule has 1 saturated heterocycles. The highest BCUT2D eigenvalue weighted by Crippen LogP contribution is 2.36. The number of carbonyl (C=O) groups is 3. The Morgan fingerprint density at radius 3 is 2.62 bits per heavy atom. The number of nitrogens with one attached hydrogen (secondary N) is 1. The third kappa shape index (κ3) is 3.54. The van der Waals surface area contributed by atoms with Crippen molar-refractivity contribution in [2.45, 2.75) is 6.92 Å². The zero-order valence-corrected chi connectivity index (χ0v) is 17.6. The molecule has 1 aromatic heterocycles. The van der Waals surface area contributed by atoms with Gasteiger partial charge in [0.2, 0.25) is 6.79 Å². The molecule has 34 heavy (non-hydrogen) atoms. The molecule has 11 heteroatoms. The number of furan rings is 1. The number of carbonyl (C=O) groups excluding carboxylic acids is 3. The molecule has 0 unspecified atom stereocenters. The zero-order valence-electron chi connectivity index (χ0n) is 17.6. The summed E-state index contributed by atoms with van der Waals surface area (Å²) in [6.45, 7) is 1.79. The molecule has 4 amide bonds. The number of nitrogens with zero attached hydrogens (tertiary/aromatic N) is 2. The predicted molar refractivity (Wildman–Crippen MR) is 117 cm³/mol. The number of rotatable bonds is 4. The quantitative estimate of drug-likeness (QED) is 0.269. The summed E-state index contributed by atoms with van der Waals surface area (Å²) in [7, 11) is 0. The van der Waals surface area contributed by atoms with Gasteiger partial charge in [0.05, 0.1) is 10.6 Å². The molecule has 3 heterocycles. The van der Waals surface area contributed by atoms with Gasteiger partial charge in [-0.25, -0.2) is 9.69 Å². The fourth-order valence-electron chi connectivity index (χ4n) is 3.62. The van der Waals surface area contributed by atoms with Crippen LogP contribution in [0.1, 0.15) is 11.3 Å². The van der Waals surface area contributed by atoms with E-state index in [0.29, 0.717) is 22.8 Å².